The van der Waals surface area contributed by atoms with Crippen LogP contribution in [0.25, 0.3) is 0 Å². The summed E-state index contributed by atoms with van der Waals surface area (Å²) in [7, 11) is 2.00. The van der Waals surface area contributed by atoms with Crippen molar-refractivity contribution >= 4 is 5.91 Å². The highest BCUT2D eigenvalue weighted by atomic mass is 16.1. The third-order valence-electron chi connectivity index (χ3n) is 2.96. The molecule has 0 radical (unpaired) electrons. The Morgan fingerprint density at radius 2 is 2.27 bits per heavy atom. The molecule has 1 heterocycles. The summed E-state index contributed by atoms with van der Waals surface area (Å²) in [6.07, 6.45) is 3.91. The van der Waals surface area contributed by atoms with Crippen molar-refractivity contribution in [3.05, 3.63) is 0 Å². The fraction of sp³-hybridized carbons (Fsp3) is 0.909. The van der Waals surface area contributed by atoms with E-state index in [2.05, 4.69) is 15.5 Å². The molecule has 1 fully saturated rings. The standard InChI is InChI=1S/C11H23N3O/c1-10(15)13-6-8-14-7-4-3-5-11(14)9-12-2/h11-12H,3-9H2,1-2H3,(H,13,15). The summed E-state index contributed by atoms with van der Waals surface area (Å²) in [5, 5.41) is 6.09. The van der Waals surface area contributed by atoms with E-state index >= 15 is 0 Å². The summed E-state index contributed by atoms with van der Waals surface area (Å²) >= 11 is 0. The maximum Gasteiger partial charge on any atom is 0.216 e. The molecule has 1 rings (SSSR count). The van der Waals surface area contributed by atoms with Crippen molar-refractivity contribution in [2.24, 2.45) is 0 Å². The van der Waals surface area contributed by atoms with Crippen molar-refractivity contribution in [2.45, 2.75) is 32.2 Å². The number of rotatable bonds is 5. The van der Waals surface area contributed by atoms with E-state index in [1.165, 1.54) is 25.8 Å². The highest BCUT2D eigenvalue weighted by molar-refractivity contribution is 5.72. The molecule has 0 aromatic carbocycles. The number of nitrogens with zero attached hydrogens (tertiary/aromatic N) is 1. The Balaban J connectivity index is 2.25. The fourth-order valence-corrected chi connectivity index (χ4v) is 2.20. The van der Waals surface area contributed by atoms with E-state index in [4.69, 9.17) is 0 Å². The Kier molecular flexibility index (Phi) is 5.65. The molecular weight excluding hydrogens is 190 g/mol. The van der Waals surface area contributed by atoms with Gasteiger partial charge >= 0.3 is 0 Å². The topological polar surface area (TPSA) is 44.4 Å². The van der Waals surface area contributed by atoms with Gasteiger partial charge in [0.25, 0.3) is 0 Å². The van der Waals surface area contributed by atoms with E-state index in [9.17, 15) is 4.79 Å². The molecule has 2 N–H and O–H groups in total. The second-order valence-electron chi connectivity index (χ2n) is 4.23. The molecule has 1 aliphatic rings. The molecule has 0 aliphatic carbocycles. The molecule has 0 aromatic rings. The highest BCUT2D eigenvalue weighted by Crippen LogP contribution is 2.15. The summed E-state index contributed by atoms with van der Waals surface area (Å²) in [5.41, 5.74) is 0. The molecule has 1 atom stereocenters. The molecule has 4 heteroatoms. The number of likely N-dealkylation sites (N-methyl/N-ethyl adjacent to an activating group) is 1. The molecule has 88 valence electrons. The Morgan fingerprint density at radius 1 is 1.47 bits per heavy atom. The van der Waals surface area contributed by atoms with Crippen LogP contribution in [0.1, 0.15) is 26.2 Å². The predicted octanol–water partition coefficient (Wildman–Crippen LogP) is 0.196. The van der Waals surface area contributed by atoms with Crippen LogP contribution in [0.15, 0.2) is 0 Å². The first kappa shape index (κ1) is 12.5. The molecule has 0 spiro atoms. The van der Waals surface area contributed by atoms with E-state index in [-0.39, 0.29) is 5.91 Å². The number of amides is 1. The van der Waals surface area contributed by atoms with Crippen LogP contribution < -0.4 is 10.6 Å². The largest absolute Gasteiger partial charge is 0.355 e. The van der Waals surface area contributed by atoms with Gasteiger partial charge in [-0.05, 0) is 26.4 Å². The molecule has 0 saturated carbocycles. The maximum atomic E-state index is 10.8. The molecule has 1 unspecified atom stereocenters. The highest BCUT2D eigenvalue weighted by Gasteiger charge is 2.20. The summed E-state index contributed by atoms with van der Waals surface area (Å²) in [4.78, 5) is 13.2. The van der Waals surface area contributed by atoms with Gasteiger partial charge in [0, 0.05) is 32.6 Å². The van der Waals surface area contributed by atoms with Gasteiger partial charge in [-0.2, -0.15) is 0 Å². The number of likely N-dealkylation sites (tertiary alicyclic amines) is 1. The summed E-state index contributed by atoms with van der Waals surface area (Å²) in [6.45, 7) is 5.55. The van der Waals surface area contributed by atoms with Crippen molar-refractivity contribution in [1.82, 2.24) is 15.5 Å². The normalized spacial score (nSPS) is 22.7. The number of carbonyl (C=O) groups is 1. The van der Waals surface area contributed by atoms with Gasteiger partial charge in [0.05, 0.1) is 0 Å². The van der Waals surface area contributed by atoms with Crippen LogP contribution in [0.2, 0.25) is 0 Å². The summed E-state index contributed by atoms with van der Waals surface area (Å²) in [5.74, 6) is 0.0668. The van der Waals surface area contributed by atoms with Gasteiger partial charge in [-0.3, -0.25) is 9.69 Å². The minimum absolute atomic E-state index is 0.0668. The molecule has 4 nitrogen and oxygen atoms in total. The molecule has 1 saturated heterocycles. The van der Waals surface area contributed by atoms with Crippen LogP contribution in [0.4, 0.5) is 0 Å². The Labute approximate surface area is 92.4 Å². The lowest BCUT2D eigenvalue weighted by atomic mass is 10.0. The second kappa shape index (κ2) is 6.80. The van der Waals surface area contributed by atoms with E-state index in [1.807, 2.05) is 7.05 Å². The number of carbonyl (C=O) groups excluding carboxylic acids is 1. The first-order valence-corrected chi connectivity index (χ1v) is 5.87. The van der Waals surface area contributed by atoms with Gasteiger partial charge in [0.1, 0.15) is 0 Å². The van der Waals surface area contributed by atoms with Gasteiger partial charge in [-0.1, -0.05) is 6.42 Å². The minimum atomic E-state index is 0.0668. The van der Waals surface area contributed by atoms with E-state index in [0.717, 1.165) is 19.6 Å². The SMILES string of the molecule is CNCC1CCCCN1CCNC(C)=O. The van der Waals surface area contributed by atoms with Crippen LogP contribution in [0.3, 0.4) is 0 Å². The lowest BCUT2D eigenvalue weighted by Gasteiger charge is -2.35. The van der Waals surface area contributed by atoms with Crippen LogP contribution in [-0.4, -0.2) is 50.1 Å². The average molecular weight is 213 g/mol. The van der Waals surface area contributed by atoms with Gasteiger partial charge in [0.15, 0.2) is 0 Å². The van der Waals surface area contributed by atoms with Gasteiger partial charge in [-0.25, -0.2) is 0 Å². The Bertz CT molecular complexity index is 194. The zero-order chi connectivity index (χ0) is 11.1. The fourth-order valence-electron chi connectivity index (χ4n) is 2.20. The first-order valence-electron chi connectivity index (χ1n) is 5.87. The number of piperidine rings is 1. The van der Waals surface area contributed by atoms with Crippen molar-refractivity contribution in [1.29, 1.82) is 0 Å². The van der Waals surface area contributed by atoms with Gasteiger partial charge in [0.2, 0.25) is 5.91 Å². The molecular formula is C11H23N3O. The third-order valence-corrected chi connectivity index (χ3v) is 2.96. The summed E-state index contributed by atoms with van der Waals surface area (Å²) < 4.78 is 0. The van der Waals surface area contributed by atoms with E-state index < -0.39 is 0 Å². The Morgan fingerprint density at radius 3 is 2.93 bits per heavy atom. The minimum Gasteiger partial charge on any atom is -0.355 e. The van der Waals surface area contributed by atoms with Crippen LogP contribution >= 0.6 is 0 Å². The Hall–Kier alpha value is -0.610. The molecule has 1 aliphatic heterocycles. The van der Waals surface area contributed by atoms with Crippen LogP contribution in [-0.2, 0) is 4.79 Å². The zero-order valence-electron chi connectivity index (χ0n) is 9.88. The molecule has 15 heavy (non-hydrogen) atoms. The van der Waals surface area contributed by atoms with Crippen molar-refractivity contribution < 1.29 is 4.79 Å². The molecule has 0 aromatic heterocycles. The quantitative estimate of drug-likeness (QED) is 0.685. The van der Waals surface area contributed by atoms with Crippen LogP contribution in [0.5, 0.6) is 0 Å². The number of hydrogen-bond acceptors (Lipinski definition) is 3. The summed E-state index contributed by atoms with van der Waals surface area (Å²) in [6, 6.07) is 0.650. The van der Waals surface area contributed by atoms with Crippen molar-refractivity contribution in [3.63, 3.8) is 0 Å². The van der Waals surface area contributed by atoms with Crippen molar-refractivity contribution in [2.75, 3.05) is 33.2 Å². The lowest BCUT2D eigenvalue weighted by Crippen LogP contribution is -2.47. The second-order valence-corrected chi connectivity index (χ2v) is 4.23. The monoisotopic (exact) mass is 213 g/mol. The van der Waals surface area contributed by atoms with Crippen LogP contribution in [0, 0.1) is 0 Å². The van der Waals surface area contributed by atoms with E-state index in [0.29, 0.717) is 6.04 Å². The average Bonchev–Trinajstić information content (AvgIpc) is 2.20. The first-order chi connectivity index (χ1) is 7.24. The smallest absolute Gasteiger partial charge is 0.216 e. The zero-order valence-corrected chi connectivity index (χ0v) is 9.88. The molecule has 1 amide bonds. The van der Waals surface area contributed by atoms with E-state index in [1.54, 1.807) is 6.92 Å². The van der Waals surface area contributed by atoms with Gasteiger partial charge < -0.3 is 10.6 Å². The number of nitrogens with one attached hydrogen (secondary N) is 2. The van der Waals surface area contributed by atoms with Gasteiger partial charge in [-0.15, -0.1) is 0 Å². The lowest BCUT2D eigenvalue weighted by molar-refractivity contribution is -0.119. The van der Waals surface area contributed by atoms with Crippen molar-refractivity contribution in [3.8, 4) is 0 Å². The molecule has 0 bridgehead atoms. The number of hydrogen-bond donors (Lipinski definition) is 2. The predicted molar refractivity (Wildman–Crippen MR) is 61.8 cm³/mol. The third kappa shape index (κ3) is 4.62. The maximum absolute atomic E-state index is 10.8.